The molecule has 1 amide bonds. The van der Waals surface area contributed by atoms with Crippen LogP contribution < -0.4 is 20.1 Å². The second-order valence-corrected chi connectivity index (χ2v) is 9.33. The molecule has 3 N–H and O–H groups in total. The monoisotopic (exact) mass is 511 g/mol. The number of hydrogen-bond acceptors (Lipinski definition) is 8. The van der Waals surface area contributed by atoms with Gasteiger partial charge in [0.15, 0.2) is 0 Å². The number of nitrogens with one attached hydrogen (secondary N) is 3. The summed E-state index contributed by atoms with van der Waals surface area (Å²) in [5.74, 6) is 0.801. The van der Waals surface area contributed by atoms with Gasteiger partial charge in [0, 0.05) is 29.9 Å². The van der Waals surface area contributed by atoms with Crippen molar-refractivity contribution in [1.82, 2.24) is 24.9 Å². The van der Waals surface area contributed by atoms with Crippen molar-refractivity contribution in [3.8, 4) is 22.6 Å². The fourth-order valence-electron chi connectivity index (χ4n) is 4.58. The first-order chi connectivity index (χ1) is 18.6. The van der Waals surface area contributed by atoms with Gasteiger partial charge in [0.25, 0.3) is 0 Å². The van der Waals surface area contributed by atoms with Gasteiger partial charge in [0.05, 0.1) is 29.2 Å². The van der Waals surface area contributed by atoms with Crippen LogP contribution in [0.15, 0.2) is 55.1 Å². The highest BCUT2D eigenvalue weighted by Crippen LogP contribution is 2.37. The van der Waals surface area contributed by atoms with Gasteiger partial charge in [0.2, 0.25) is 11.9 Å². The number of halogens is 1. The average Bonchev–Trinajstić information content (AvgIpc) is 3.51. The summed E-state index contributed by atoms with van der Waals surface area (Å²) >= 11 is 0. The molecule has 10 nitrogen and oxygen atoms in total. The molecule has 2 atom stereocenters. The molecule has 1 fully saturated rings. The minimum Gasteiger partial charge on any atom is -0.488 e. The van der Waals surface area contributed by atoms with Crippen LogP contribution in [-0.4, -0.2) is 50.2 Å². The molecule has 5 heterocycles. The smallest absolute Gasteiger partial charge is 0.233 e. The molecule has 2 aliphatic rings. The van der Waals surface area contributed by atoms with Crippen LogP contribution in [0.3, 0.4) is 0 Å². The van der Waals surface area contributed by atoms with E-state index in [-0.39, 0.29) is 12.4 Å². The summed E-state index contributed by atoms with van der Waals surface area (Å²) in [6, 6.07) is 9.81. The van der Waals surface area contributed by atoms with Crippen LogP contribution in [0.25, 0.3) is 33.1 Å². The van der Waals surface area contributed by atoms with Gasteiger partial charge in [-0.2, -0.15) is 9.97 Å². The summed E-state index contributed by atoms with van der Waals surface area (Å²) in [4.78, 5) is 33.5. The van der Waals surface area contributed by atoms with Crippen LogP contribution in [0.5, 0.6) is 11.5 Å². The van der Waals surface area contributed by atoms with Crippen LogP contribution in [0.1, 0.15) is 12.0 Å². The van der Waals surface area contributed by atoms with Gasteiger partial charge in [-0.25, -0.2) is 4.39 Å². The Hall–Kier alpha value is -4.80. The lowest BCUT2D eigenvalue weighted by Crippen LogP contribution is -2.17. The number of pyridine rings is 2. The van der Waals surface area contributed by atoms with Gasteiger partial charge in [-0.05, 0) is 41.8 Å². The molecule has 4 aromatic heterocycles. The summed E-state index contributed by atoms with van der Waals surface area (Å²) in [5.41, 5.74) is 4.05. The van der Waals surface area contributed by atoms with Gasteiger partial charge < -0.3 is 19.8 Å². The number of nitrogens with zero attached hydrogens (tertiary/aromatic N) is 4. The number of alkyl halides is 1. The highest BCUT2D eigenvalue weighted by Gasteiger charge is 2.44. The van der Waals surface area contributed by atoms with Crippen molar-refractivity contribution in [3.05, 3.63) is 60.7 Å². The zero-order valence-corrected chi connectivity index (χ0v) is 20.1. The van der Waals surface area contributed by atoms with Gasteiger partial charge in [-0.15, -0.1) is 0 Å². The van der Waals surface area contributed by atoms with Gasteiger partial charge in [0.1, 0.15) is 42.3 Å². The Labute approximate surface area is 215 Å². The Bertz CT molecular complexity index is 1710. The van der Waals surface area contributed by atoms with Crippen LogP contribution in [0, 0.1) is 5.92 Å². The predicted molar refractivity (Wildman–Crippen MR) is 139 cm³/mol. The average molecular weight is 512 g/mol. The second kappa shape index (κ2) is 8.94. The van der Waals surface area contributed by atoms with Crippen molar-refractivity contribution in [2.24, 2.45) is 5.92 Å². The lowest BCUT2D eigenvalue weighted by Gasteiger charge is -2.12. The largest absolute Gasteiger partial charge is 0.488 e. The van der Waals surface area contributed by atoms with Crippen molar-refractivity contribution in [2.75, 3.05) is 23.8 Å². The summed E-state index contributed by atoms with van der Waals surface area (Å²) in [5, 5.41) is 7.70. The van der Waals surface area contributed by atoms with E-state index >= 15 is 0 Å². The summed E-state index contributed by atoms with van der Waals surface area (Å²) < 4.78 is 25.1. The molecule has 1 aliphatic carbocycles. The van der Waals surface area contributed by atoms with Crippen LogP contribution in [0.4, 0.5) is 16.2 Å². The van der Waals surface area contributed by atoms with Gasteiger partial charge >= 0.3 is 0 Å². The number of aromatic amines is 1. The zero-order valence-electron chi connectivity index (χ0n) is 20.1. The van der Waals surface area contributed by atoms with Crippen LogP contribution in [-0.2, 0) is 11.3 Å². The number of aromatic nitrogens is 5. The molecule has 1 saturated carbocycles. The highest BCUT2D eigenvalue weighted by molar-refractivity contribution is 6.03. The number of hydrogen-bond donors (Lipinski definition) is 3. The number of fused-ring (bicyclic) bond motifs is 5. The van der Waals surface area contributed by atoms with E-state index in [0.29, 0.717) is 42.7 Å². The van der Waals surface area contributed by atoms with E-state index in [4.69, 9.17) is 9.47 Å². The maximum absolute atomic E-state index is 13.4. The van der Waals surface area contributed by atoms with Crippen LogP contribution >= 0.6 is 0 Å². The van der Waals surface area contributed by atoms with E-state index in [2.05, 4.69) is 35.6 Å². The third-order valence-corrected chi connectivity index (χ3v) is 6.63. The van der Waals surface area contributed by atoms with E-state index in [1.807, 2.05) is 36.5 Å². The molecule has 1 aromatic carbocycles. The Morgan fingerprint density at radius 1 is 1.05 bits per heavy atom. The summed E-state index contributed by atoms with van der Waals surface area (Å²) in [6.07, 6.45) is 6.05. The van der Waals surface area contributed by atoms with Crippen molar-refractivity contribution < 1.29 is 18.7 Å². The molecule has 0 saturated heterocycles. The Kier molecular flexibility index (Phi) is 5.27. The third-order valence-electron chi connectivity index (χ3n) is 6.63. The number of benzene rings is 1. The number of ether oxygens (including phenoxy) is 2. The normalized spacial score (nSPS) is 18.4. The topological polar surface area (TPSA) is 127 Å². The molecule has 0 unspecified atom stereocenters. The quantitative estimate of drug-likeness (QED) is 0.321. The lowest BCUT2D eigenvalue weighted by atomic mass is 10.0. The molecule has 7 rings (SSSR count). The highest BCUT2D eigenvalue weighted by atomic mass is 19.1. The summed E-state index contributed by atoms with van der Waals surface area (Å²) in [6.45, 7) is 1.09. The Morgan fingerprint density at radius 3 is 2.74 bits per heavy atom. The SMILES string of the molecule is O=C(Nc1nc2c3c(c[nH]c3n1)-c1ccc3ncc(cc3c1)OCCOc1cncc(c1)CN2)[C@@H]1C[C@@H]1F. The standard InChI is InChI=1S/C27H22FN7O3/c28-21-8-19(21)26(36)35-27-33-24-23-20(13-32-25(23)34-27)15-1-2-22-16(6-15)7-18(12-30-22)38-4-3-37-17-5-14(10-31-24)9-29-11-17/h1-2,5-7,9,11-13,19,21H,3-4,8,10H2,(H3,31,32,33,34,35,36)/t19-,21+/m1/s1. The lowest BCUT2D eigenvalue weighted by molar-refractivity contribution is -0.117. The predicted octanol–water partition coefficient (Wildman–Crippen LogP) is 4.25. The van der Waals surface area contributed by atoms with Crippen LogP contribution in [0.2, 0.25) is 0 Å². The molecule has 11 heteroatoms. The molecule has 5 aromatic rings. The number of anilines is 2. The van der Waals surface area contributed by atoms with Gasteiger partial charge in [-0.1, -0.05) is 6.07 Å². The molecule has 0 radical (unpaired) electrons. The van der Waals surface area contributed by atoms with E-state index in [0.717, 1.165) is 33.0 Å². The molecular weight excluding hydrogens is 489 g/mol. The maximum atomic E-state index is 13.4. The zero-order chi connectivity index (χ0) is 25.6. The van der Waals surface area contributed by atoms with E-state index in [1.54, 1.807) is 18.6 Å². The maximum Gasteiger partial charge on any atom is 0.233 e. The molecular formula is C27H22FN7O3. The number of rotatable bonds is 2. The van der Waals surface area contributed by atoms with Crippen molar-refractivity contribution in [2.45, 2.75) is 19.1 Å². The molecule has 190 valence electrons. The van der Waals surface area contributed by atoms with E-state index < -0.39 is 18.0 Å². The first kappa shape index (κ1) is 22.4. The van der Waals surface area contributed by atoms with Gasteiger partial charge in [-0.3, -0.25) is 20.1 Å². The van der Waals surface area contributed by atoms with E-state index in [9.17, 15) is 9.18 Å². The fourth-order valence-corrected chi connectivity index (χ4v) is 4.58. The number of H-pyrrole nitrogens is 1. The minimum absolute atomic E-state index is 0.100. The van der Waals surface area contributed by atoms with Crippen molar-refractivity contribution >= 4 is 39.6 Å². The first-order valence-electron chi connectivity index (χ1n) is 12.3. The van der Waals surface area contributed by atoms with Crippen molar-refractivity contribution in [3.63, 3.8) is 0 Å². The number of amides is 1. The molecule has 5 bridgehead atoms. The molecule has 0 spiro atoms. The number of carbonyl (C=O) groups excluding carboxylic acids is 1. The minimum atomic E-state index is -1.11. The Morgan fingerprint density at radius 2 is 1.89 bits per heavy atom. The first-order valence-corrected chi connectivity index (χ1v) is 12.3. The fraction of sp³-hybridized carbons (Fsp3) is 0.222. The number of carbonyl (C=O) groups is 1. The van der Waals surface area contributed by atoms with Crippen molar-refractivity contribution in [1.29, 1.82) is 0 Å². The summed E-state index contributed by atoms with van der Waals surface area (Å²) in [7, 11) is 0. The Balaban J connectivity index is 1.35. The molecule has 1 aliphatic heterocycles. The molecule has 38 heavy (non-hydrogen) atoms. The second-order valence-electron chi connectivity index (χ2n) is 9.33. The third kappa shape index (κ3) is 4.21. The van der Waals surface area contributed by atoms with E-state index in [1.165, 1.54) is 0 Å².